The third kappa shape index (κ3) is 3.38. The van der Waals surface area contributed by atoms with Gasteiger partial charge < -0.3 is 16.6 Å². The molecule has 4 heteroatoms. The summed E-state index contributed by atoms with van der Waals surface area (Å²) in [6.07, 6.45) is 0.768. The zero-order valence-electron chi connectivity index (χ0n) is 9.16. The number of benzene rings is 1. The molecule has 1 atom stereocenters. The number of aromatic hydroxyl groups is 1. The van der Waals surface area contributed by atoms with Crippen molar-refractivity contribution in [2.24, 2.45) is 11.5 Å². The molecule has 0 saturated heterocycles. The molecule has 0 bridgehead atoms. The molecule has 3 nitrogen and oxygen atoms in total. The molecule has 0 aliphatic rings. The van der Waals surface area contributed by atoms with Gasteiger partial charge in [-0.2, -0.15) is 0 Å². The maximum atomic E-state index is 9.58. The Morgan fingerprint density at radius 2 is 1.73 bits per heavy atom. The summed E-state index contributed by atoms with van der Waals surface area (Å²) in [6, 6.07) is 3.81. The van der Waals surface area contributed by atoms with Crippen LogP contribution >= 0.6 is 12.4 Å². The third-order valence-electron chi connectivity index (χ3n) is 2.42. The normalized spacial score (nSPS) is 12.0. The Labute approximate surface area is 96.9 Å². The van der Waals surface area contributed by atoms with Crippen LogP contribution in [0, 0.1) is 13.8 Å². The summed E-state index contributed by atoms with van der Waals surface area (Å²) in [7, 11) is 0. The first-order valence-corrected chi connectivity index (χ1v) is 4.82. The van der Waals surface area contributed by atoms with Crippen molar-refractivity contribution < 1.29 is 5.11 Å². The van der Waals surface area contributed by atoms with E-state index in [1.165, 1.54) is 0 Å². The molecule has 0 unspecified atom stereocenters. The Morgan fingerprint density at radius 1 is 1.27 bits per heavy atom. The quantitative estimate of drug-likeness (QED) is 0.741. The van der Waals surface area contributed by atoms with Gasteiger partial charge in [-0.1, -0.05) is 12.1 Å². The van der Waals surface area contributed by atoms with Gasteiger partial charge in [-0.25, -0.2) is 0 Å². The van der Waals surface area contributed by atoms with E-state index in [2.05, 4.69) is 0 Å². The fourth-order valence-corrected chi connectivity index (χ4v) is 1.55. The lowest BCUT2D eigenvalue weighted by Gasteiger charge is -2.13. The van der Waals surface area contributed by atoms with Crippen molar-refractivity contribution in [3.63, 3.8) is 0 Å². The Hall–Kier alpha value is -0.770. The summed E-state index contributed by atoms with van der Waals surface area (Å²) >= 11 is 0. The average molecular weight is 231 g/mol. The summed E-state index contributed by atoms with van der Waals surface area (Å²) < 4.78 is 0. The van der Waals surface area contributed by atoms with E-state index >= 15 is 0 Å². The minimum absolute atomic E-state index is 0. The number of phenols is 1. The van der Waals surface area contributed by atoms with E-state index in [-0.39, 0.29) is 18.4 Å². The van der Waals surface area contributed by atoms with Crippen LogP contribution in [0.25, 0.3) is 0 Å². The van der Waals surface area contributed by atoms with Gasteiger partial charge in [0.2, 0.25) is 0 Å². The smallest absolute Gasteiger partial charge is 0.121 e. The molecular formula is C11H19ClN2O. The van der Waals surface area contributed by atoms with Gasteiger partial charge in [0.15, 0.2) is 0 Å². The van der Waals surface area contributed by atoms with E-state index in [9.17, 15) is 5.11 Å². The van der Waals surface area contributed by atoms with Gasteiger partial charge in [-0.05, 0) is 43.5 Å². The highest BCUT2D eigenvalue weighted by molar-refractivity contribution is 5.85. The number of nitrogens with two attached hydrogens (primary N) is 2. The largest absolute Gasteiger partial charge is 0.507 e. The van der Waals surface area contributed by atoms with Crippen LogP contribution in [0.15, 0.2) is 12.1 Å². The summed E-state index contributed by atoms with van der Waals surface area (Å²) in [4.78, 5) is 0. The molecule has 5 N–H and O–H groups in total. The molecule has 1 aromatic rings. The Morgan fingerprint density at radius 3 is 2.13 bits per heavy atom. The van der Waals surface area contributed by atoms with Gasteiger partial charge in [0.05, 0.1) is 0 Å². The zero-order chi connectivity index (χ0) is 10.7. The van der Waals surface area contributed by atoms with Crippen molar-refractivity contribution in [2.45, 2.75) is 26.3 Å². The number of hydrogen-bond acceptors (Lipinski definition) is 3. The standard InChI is InChI=1S/C11H18N2O.ClH/c1-7-5-9(10(13)3-4-12)6-8(2)11(7)14;/h5-6,10,14H,3-4,12-13H2,1-2H3;1H/t10-;/m1./s1. The second-order valence-corrected chi connectivity index (χ2v) is 3.69. The predicted octanol–water partition coefficient (Wildman–Crippen LogP) is 1.78. The van der Waals surface area contributed by atoms with E-state index in [1.54, 1.807) is 0 Å². The van der Waals surface area contributed by atoms with Gasteiger partial charge in [0.25, 0.3) is 0 Å². The lowest BCUT2D eigenvalue weighted by atomic mass is 9.99. The first-order valence-electron chi connectivity index (χ1n) is 4.82. The van der Waals surface area contributed by atoms with E-state index in [1.807, 2.05) is 26.0 Å². The molecule has 15 heavy (non-hydrogen) atoms. The summed E-state index contributed by atoms with van der Waals surface area (Å²) in [5, 5.41) is 9.58. The van der Waals surface area contributed by atoms with Crippen molar-refractivity contribution in [3.05, 3.63) is 28.8 Å². The van der Waals surface area contributed by atoms with E-state index in [0.29, 0.717) is 12.3 Å². The minimum atomic E-state index is -0.0296. The highest BCUT2D eigenvalue weighted by atomic mass is 35.5. The van der Waals surface area contributed by atoms with Crippen molar-refractivity contribution >= 4 is 12.4 Å². The van der Waals surface area contributed by atoms with Crippen molar-refractivity contribution in [2.75, 3.05) is 6.54 Å². The molecule has 0 saturated carbocycles. The topological polar surface area (TPSA) is 72.3 Å². The highest BCUT2D eigenvalue weighted by Gasteiger charge is 2.08. The molecule has 0 aromatic heterocycles. The molecule has 1 rings (SSSR count). The minimum Gasteiger partial charge on any atom is -0.507 e. The maximum Gasteiger partial charge on any atom is 0.121 e. The molecular weight excluding hydrogens is 212 g/mol. The number of hydrogen-bond donors (Lipinski definition) is 3. The molecule has 0 heterocycles. The molecule has 0 amide bonds. The summed E-state index contributed by atoms with van der Waals surface area (Å²) in [6.45, 7) is 4.34. The molecule has 0 radical (unpaired) electrons. The van der Waals surface area contributed by atoms with Crippen LogP contribution in [0.3, 0.4) is 0 Å². The molecule has 0 spiro atoms. The van der Waals surface area contributed by atoms with Crippen molar-refractivity contribution in [3.8, 4) is 5.75 Å². The van der Waals surface area contributed by atoms with Gasteiger partial charge in [0.1, 0.15) is 5.75 Å². The third-order valence-corrected chi connectivity index (χ3v) is 2.42. The van der Waals surface area contributed by atoms with Crippen LogP contribution in [-0.2, 0) is 0 Å². The van der Waals surface area contributed by atoms with E-state index < -0.39 is 0 Å². The summed E-state index contributed by atoms with van der Waals surface area (Å²) in [5.74, 6) is 0.355. The molecule has 86 valence electrons. The SMILES string of the molecule is Cc1cc([C@H](N)CCN)cc(C)c1O.Cl. The fourth-order valence-electron chi connectivity index (χ4n) is 1.55. The monoisotopic (exact) mass is 230 g/mol. The number of halogens is 1. The number of rotatable bonds is 3. The van der Waals surface area contributed by atoms with Gasteiger partial charge in [-0.15, -0.1) is 12.4 Å². The fraction of sp³-hybridized carbons (Fsp3) is 0.455. The van der Waals surface area contributed by atoms with Crippen LogP contribution in [0.5, 0.6) is 5.75 Å². The average Bonchev–Trinajstić information content (AvgIpc) is 2.13. The Bertz CT molecular complexity index is 305. The second kappa shape index (κ2) is 5.95. The van der Waals surface area contributed by atoms with Gasteiger partial charge in [-0.3, -0.25) is 0 Å². The van der Waals surface area contributed by atoms with Crippen molar-refractivity contribution in [1.29, 1.82) is 0 Å². The van der Waals surface area contributed by atoms with Crippen molar-refractivity contribution in [1.82, 2.24) is 0 Å². The maximum absolute atomic E-state index is 9.58. The molecule has 0 aliphatic heterocycles. The van der Waals surface area contributed by atoms with E-state index in [4.69, 9.17) is 11.5 Å². The summed E-state index contributed by atoms with van der Waals surface area (Å²) in [5.41, 5.74) is 14.2. The zero-order valence-corrected chi connectivity index (χ0v) is 9.97. The number of aryl methyl sites for hydroxylation is 2. The Balaban J connectivity index is 0.00000196. The van der Waals surface area contributed by atoms with Crippen LogP contribution in [0.1, 0.15) is 29.2 Å². The van der Waals surface area contributed by atoms with E-state index in [0.717, 1.165) is 23.1 Å². The first kappa shape index (κ1) is 14.2. The lowest BCUT2D eigenvalue weighted by molar-refractivity contribution is 0.466. The number of phenolic OH excluding ortho intramolecular Hbond substituents is 1. The van der Waals surface area contributed by atoms with Crippen LogP contribution < -0.4 is 11.5 Å². The van der Waals surface area contributed by atoms with Gasteiger partial charge in [0, 0.05) is 6.04 Å². The van der Waals surface area contributed by atoms with Gasteiger partial charge >= 0.3 is 0 Å². The van der Waals surface area contributed by atoms with Crippen LogP contribution in [0.4, 0.5) is 0 Å². The lowest BCUT2D eigenvalue weighted by Crippen LogP contribution is -2.15. The van der Waals surface area contributed by atoms with Crippen LogP contribution in [-0.4, -0.2) is 11.7 Å². The molecule has 0 aliphatic carbocycles. The highest BCUT2D eigenvalue weighted by Crippen LogP contribution is 2.26. The molecule has 0 fully saturated rings. The molecule has 1 aromatic carbocycles. The first-order chi connectivity index (χ1) is 6.56. The Kier molecular flexibility index (Phi) is 5.65. The predicted molar refractivity (Wildman–Crippen MR) is 65.4 cm³/mol. The van der Waals surface area contributed by atoms with Crippen LogP contribution in [0.2, 0.25) is 0 Å². The second-order valence-electron chi connectivity index (χ2n) is 3.69.